The van der Waals surface area contributed by atoms with E-state index in [4.69, 9.17) is 10.5 Å². The number of Topliss-reactive ketones (excluding diaryl/α,β-unsaturated/α-hetero) is 2. The van der Waals surface area contributed by atoms with Gasteiger partial charge in [0.2, 0.25) is 0 Å². The van der Waals surface area contributed by atoms with Gasteiger partial charge in [-0.3, -0.25) is 9.59 Å². The Bertz CT molecular complexity index is 1620. The van der Waals surface area contributed by atoms with Gasteiger partial charge in [0.05, 0.1) is 19.4 Å². The molecule has 2 aliphatic carbocycles. The summed E-state index contributed by atoms with van der Waals surface area (Å²) in [5.41, 5.74) is 10.1. The van der Waals surface area contributed by atoms with Gasteiger partial charge in [-0.2, -0.15) is 0 Å². The van der Waals surface area contributed by atoms with Crippen molar-refractivity contribution in [3.63, 3.8) is 0 Å². The fourth-order valence-electron chi connectivity index (χ4n) is 8.50. The second-order valence-corrected chi connectivity index (χ2v) is 14.4. The number of nitrogens with two attached hydrogens (primary N) is 1. The zero-order valence-electron chi connectivity index (χ0n) is 29.6. The molecule has 3 N–H and O–H groups in total. The number of methoxy groups -OCH3 is 1. The van der Waals surface area contributed by atoms with Crippen LogP contribution in [0.4, 0.5) is 5.82 Å². The SMILES string of the molecule is CCCCCC1C(CCCC)CC(Cc2ccnc(N)c2)CC2C#CC(c3ccccc3)c3cc(O)c(OC)cc3CCC(=O)CC(=O)C21. The van der Waals surface area contributed by atoms with E-state index < -0.39 is 0 Å². The number of pyridine rings is 1. The van der Waals surface area contributed by atoms with Crippen molar-refractivity contribution in [2.75, 3.05) is 12.8 Å². The maximum absolute atomic E-state index is 14.6. The first kappa shape index (κ1) is 36.2. The summed E-state index contributed by atoms with van der Waals surface area (Å²) in [5.74, 6) is 8.51. The van der Waals surface area contributed by atoms with Crippen molar-refractivity contribution in [3.05, 3.63) is 83.0 Å². The first-order valence-corrected chi connectivity index (χ1v) is 18.5. The van der Waals surface area contributed by atoms with Crippen LogP contribution in [0.15, 0.2) is 60.8 Å². The molecule has 5 rings (SSSR count). The zero-order valence-corrected chi connectivity index (χ0v) is 29.6. The van der Waals surface area contributed by atoms with E-state index in [1.54, 1.807) is 12.3 Å². The molecule has 1 aromatic heterocycles. The molecule has 49 heavy (non-hydrogen) atoms. The number of fused-ring (bicyclic) bond motifs is 2. The molecule has 6 heteroatoms. The van der Waals surface area contributed by atoms with Crippen LogP contribution in [0.25, 0.3) is 0 Å². The van der Waals surface area contributed by atoms with Crippen molar-refractivity contribution in [1.82, 2.24) is 4.98 Å². The number of unbranched alkanes of at least 4 members (excludes halogenated alkanes) is 3. The Morgan fingerprint density at radius 1 is 0.939 bits per heavy atom. The first-order chi connectivity index (χ1) is 23.8. The number of nitrogens with zero attached hydrogens (tertiary/aromatic N) is 1. The van der Waals surface area contributed by atoms with E-state index in [1.165, 1.54) is 7.11 Å². The Hall–Kier alpha value is -4.11. The number of ether oxygens (including phenoxy) is 1. The maximum Gasteiger partial charge on any atom is 0.160 e. The monoisotopic (exact) mass is 662 g/mol. The van der Waals surface area contributed by atoms with Gasteiger partial charge in [0.1, 0.15) is 17.4 Å². The molecule has 0 radical (unpaired) electrons. The molecule has 1 fully saturated rings. The van der Waals surface area contributed by atoms with Crippen molar-refractivity contribution in [2.45, 2.75) is 103 Å². The number of aromatic nitrogens is 1. The van der Waals surface area contributed by atoms with Crippen LogP contribution in [0.3, 0.4) is 0 Å². The normalized spacial score (nSPS) is 24.3. The molecular formula is C43H54N2O4. The molecule has 3 aromatic rings. The summed E-state index contributed by atoms with van der Waals surface area (Å²) >= 11 is 0. The van der Waals surface area contributed by atoms with Crippen LogP contribution in [0.2, 0.25) is 0 Å². The second-order valence-electron chi connectivity index (χ2n) is 14.4. The molecule has 0 bridgehead atoms. The molecule has 6 atom stereocenters. The summed E-state index contributed by atoms with van der Waals surface area (Å²) in [6.07, 6.45) is 12.7. The van der Waals surface area contributed by atoms with Crippen molar-refractivity contribution in [1.29, 1.82) is 0 Å². The van der Waals surface area contributed by atoms with Gasteiger partial charge in [-0.25, -0.2) is 4.98 Å². The van der Waals surface area contributed by atoms with Crippen LogP contribution in [0.1, 0.15) is 113 Å². The molecule has 6 unspecified atom stereocenters. The third kappa shape index (κ3) is 9.32. The predicted octanol–water partition coefficient (Wildman–Crippen LogP) is 8.88. The van der Waals surface area contributed by atoms with Gasteiger partial charge in [-0.1, -0.05) is 94.5 Å². The Labute approximate surface area is 293 Å². The third-order valence-corrected chi connectivity index (χ3v) is 10.9. The first-order valence-electron chi connectivity index (χ1n) is 18.5. The number of ketones is 2. The van der Waals surface area contributed by atoms with Gasteiger partial charge in [0.15, 0.2) is 11.5 Å². The maximum atomic E-state index is 14.6. The fourth-order valence-corrected chi connectivity index (χ4v) is 8.50. The van der Waals surface area contributed by atoms with Gasteiger partial charge in [0, 0.05) is 24.5 Å². The summed E-state index contributed by atoms with van der Waals surface area (Å²) in [7, 11) is 1.53. The Morgan fingerprint density at radius 2 is 1.73 bits per heavy atom. The molecule has 0 spiro atoms. The summed E-state index contributed by atoms with van der Waals surface area (Å²) in [6.45, 7) is 4.46. The van der Waals surface area contributed by atoms with Crippen LogP contribution < -0.4 is 10.5 Å². The number of hydrogen-bond donors (Lipinski definition) is 2. The number of rotatable bonds is 11. The lowest BCUT2D eigenvalue weighted by atomic mass is 9.69. The number of hydrogen-bond acceptors (Lipinski definition) is 6. The standard InChI is InChI=1S/C43H54N2O4/c1-4-6-9-15-37-32(12-7-5-2)23-30(22-29-20-21-45-42(44)25-29)24-34-17-19-36(31-13-10-8-11-14-31)38-28-39(47)41(49-3)26-33(38)16-18-35(46)27-40(48)43(34)37/h8,10-11,13-14,20-21,25-26,28,30,32,34,36-37,43,47H,4-7,9,12,15-16,18,22-24,27H2,1-3H3,(H2,44,45). The number of nitrogen functional groups attached to an aromatic ring is 1. The largest absolute Gasteiger partial charge is 0.504 e. The lowest BCUT2D eigenvalue weighted by Crippen LogP contribution is -2.34. The van der Waals surface area contributed by atoms with Gasteiger partial charge >= 0.3 is 0 Å². The smallest absolute Gasteiger partial charge is 0.160 e. The van der Waals surface area contributed by atoms with E-state index in [-0.39, 0.29) is 53.8 Å². The lowest BCUT2D eigenvalue weighted by Gasteiger charge is -2.34. The van der Waals surface area contributed by atoms with Crippen LogP contribution in [0, 0.1) is 41.4 Å². The van der Waals surface area contributed by atoms with Crippen molar-refractivity contribution in [3.8, 4) is 23.3 Å². The average Bonchev–Trinajstić information content (AvgIpc) is 3.23. The minimum Gasteiger partial charge on any atom is -0.504 e. The fraction of sp³-hybridized carbons (Fsp3) is 0.512. The zero-order chi connectivity index (χ0) is 34.8. The van der Waals surface area contributed by atoms with Crippen LogP contribution in [0.5, 0.6) is 11.5 Å². The van der Waals surface area contributed by atoms with E-state index >= 15 is 0 Å². The summed E-state index contributed by atoms with van der Waals surface area (Å²) < 4.78 is 5.47. The molecule has 2 aromatic carbocycles. The second kappa shape index (κ2) is 17.5. The van der Waals surface area contributed by atoms with Crippen LogP contribution >= 0.6 is 0 Å². The number of carbonyl (C=O) groups is 2. The summed E-state index contributed by atoms with van der Waals surface area (Å²) in [4.78, 5) is 32.5. The molecule has 6 nitrogen and oxygen atoms in total. The Kier molecular flexibility index (Phi) is 12.9. The van der Waals surface area contributed by atoms with Gasteiger partial charge < -0.3 is 15.6 Å². The Morgan fingerprint density at radius 3 is 2.47 bits per heavy atom. The highest BCUT2D eigenvalue weighted by molar-refractivity contribution is 6.00. The molecule has 0 amide bonds. The molecule has 0 saturated heterocycles. The predicted molar refractivity (Wildman–Crippen MR) is 196 cm³/mol. The highest BCUT2D eigenvalue weighted by Crippen LogP contribution is 2.46. The number of aryl methyl sites for hydroxylation is 1. The molecule has 1 heterocycles. The molecule has 260 valence electrons. The summed E-state index contributed by atoms with van der Waals surface area (Å²) in [6, 6.07) is 17.8. The van der Waals surface area contributed by atoms with Crippen LogP contribution in [-0.4, -0.2) is 28.8 Å². The van der Waals surface area contributed by atoms with Crippen LogP contribution in [-0.2, 0) is 22.4 Å². The third-order valence-electron chi connectivity index (χ3n) is 10.9. The van der Waals surface area contributed by atoms with Gasteiger partial charge in [0.25, 0.3) is 0 Å². The minimum absolute atomic E-state index is 0.0305. The van der Waals surface area contributed by atoms with Crippen molar-refractivity contribution < 1.29 is 19.4 Å². The highest BCUT2D eigenvalue weighted by atomic mass is 16.5. The van der Waals surface area contributed by atoms with E-state index in [0.29, 0.717) is 29.8 Å². The van der Waals surface area contributed by atoms with Gasteiger partial charge in [-0.05, 0) is 96.4 Å². The minimum atomic E-state index is -0.339. The van der Waals surface area contributed by atoms with E-state index in [2.05, 4.69) is 48.9 Å². The average molecular weight is 663 g/mol. The van der Waals surface area contributed by atoms with E-state index in [9.17, 15) is 14.7 Å². The number of aromatic hydroxyl groups is 1. The van der Waals surface area contributed by atoms with E-state index in [1.807, 2.05) is 30.3 Å². The Balaban J connectivity index is 1.68. The quantitative estimate of drug-likeness (QED) is 0.121. The number of carbonyl (C=O) groups excluding carboxylic acids is 2. The summed E-state index contributed by atoms with van der Waals surface area (Å²) in [5, 5.41) is 11.0. The number of phenols is 1. The lowest BCUT2D eigenvalue weighted by molar-refractivity contribution is -0.131. The molecule has 2 aliphatic rings. The van der Waals surface area contributed by atoms with E-state index in [0.717, 1.165) is 86.5 Å². The molecule has 0 aliphatic heterocycles. The number of anilines is 1. The van der Waals surface area contributed by atoms with Crippen molar-refractivity contribution >= 4 is 17.4 Å². The van der Waals surface area contributed by atoms with Gasteiger partial charge in [-0.15, -0.1) is 0 Å². The highest BCUT2D eigenvalue weighted by Gasteiger charge is 2.43. The topological polar surface area (TPSA) is 103 Å². The molecule has 1 saturated carbocycles. The number of phenolic OH excluding ortho intramolecular Hbond substituents is 1. The molecular weight excluding hydrogens is 608 g/mol. The van der Waals surface area contributed by atoms with Crippen molar-refractivity contribution in [2.24, 2.45) is 29.6 Å². The number of benzene rings is 2.